The number of fused-ring (bicyclic) bond motifs is 4. The van der Waals surface area contributed by atoms with E-state index in [0.29, 0.717) is 12.1 Å². The molecule has 0 amide bonds. The first kappa shape index (κ1) is 26.9. The molecule has 14 heteroatoms. The third kappa shape index (κ3) is 6.15. The van der Waals surface area contributed by atoms with Crippen LogP contribution < -0.4 is 4.57 Å². The minimum atomic E-state index is -4.13. The summed E-state index contributed by atoms with van der Waals surface area (Å²) in [5, 5.41) is 1.90. The summed E-state index contributed by atoms with van der Waals surface area (Å²) in [4.78, 5) is 3.33. The fourth-order valence-corrected chi connectivity index (χ4v) is 9.92. The normalized spacial score (nSPS) is 20.6. The Morgan fingerprint density at radius 2 is 1.73 bits per heavy atom. The van der Waals surface area contributed by atoms with Gasteiger partial charge in [-0.25, -0.2) is 4.39 Å². The number of benzene rings is 2. The zero-order valence-corrected chi connectivity index (χ0v) is 23.4. The van der Waals surface area contributed by atoms with E-state index in [4.69, 9.17) is 4.55 Å². The first-order valence-corrected chi connectivity index (χ1v) is 17.2. The number of rotatable bonds is 9. The molecule has 1 fully saturated rings. The van der Waals surface area contributed by atoms with Crippen LogP contribution in [-0.4, -0.2) is 54.3 Å². The van der Waals surface area contributed by atoms with Crippen molar-refractivity contribution < 1.29 is 34.9 Å². The summed E-state index contributed by atoms with van der Waals surface area (Å²) in [7, 11) is -8.21. The molecule has 3 heterocycles. The lowest BCUT2D eigenvalue weighted by Crippen LogP contribution is -2.36. The molecule has 0 spiro atoms. The SMILES string of the molecule is O=S(=O)(O)CCCN1C(=Cc2sc3ccc(F)cc3[n+]2CCCS(=O)(=O)O)SC2c3ccccc3SC21. The Kier molecular flexibility index (Phi) is 7.62. The van der Waals surface area contributed by atoms with Crippen molar-refractivity contribution in [1.82, 2.24) is 4.90 Å². The van der Waals surface area contributed by atoms with E-state index in [2.05, 4.69) is 17.0 Å². The van der Waals surface area contributed by atoms with Crippen LogP contribution in [-0.2, 0) is 26.8 Å². The van der Waals surface area contributed by atoms with Gasteiger partial charge in [0.1, 0.15) is 10.5 Å². The lowest BCUT2D eigenvalue weighted by molar-refractivity contribution is -0.668. The molecule has 1 saturated heterocycles. The average Bonchev–Trinajstić information content (AvgIpc) is 3.43. The van der Waals surface area contributed by atoms with E-state index in [-0.39, 0.29) is 35.8 Å². The minimum Gasteiger partial charge on any atom is -0.352 e. The monoisotopic (exact) mass is 603 g/mol. The maximum Gasteiger partial charge on any atom is 0.265 e. The summed E-state index contributed by atoms with van der Waals surface area (Å²) in [5.41, 5.74) is 1.85. The Labute approximate surface area is 227 Å². The van der Waals surface area contributed by atoms with Gasteiger partial charge in [-0.2, -0.15) is 21.4 Å². The van der Waals surface area contributed by atoms with E-state index < -0.39 is 31.8 Å². The predicted molar refractivity (Wildman–Crippen MR) is 145 cm³/mol. The number of nitrogens with zero attached hydrogens (tertiary/aromatic N) is 2. The van der Waals surface area contributed by atoms with Crippen molar-refractivity contribution in [1.29, 1.82) is 0 Å². The maximum absolute atomic E-state index is 14.1. The molecular formula is C23H24FN2O6S5+. The Balaban J connectivity index is 1.51. The molecule has 0 saturated carbocycles. The maximum atomic E-state index is 14.1. The predicted octanol–water partition coefficient (Wildman–Crippen LogP) is 4.40. The molecule has 2 aromatic carbocycles. The van der Waals surface area contributed by atoms with Gasteiger partial charge in [-0.05, 0) is 30.2 Å². The smallest absolute Gasteiger partial charge is 0.265 e. The van der Waals surface area contributed by atoms with Crippen LogP contribution in [0.2, 0.25) is 0 Å². The molecule has 0 bridgehead atoms. The Hall–Kier alpha value is -1.68. The van der Waals surface area contributed by atoms with Gasteiger partial charge in [-0.15, -0.1) is 0 Å². The highest BCUT2D eigenvalue weighted by molar-refractivity contribution is 8.07. The van der Waals surface area contributed by atoms with Crippen LogP contribution in [0.25, 0.3) is 16.3 Å². The van der Waals surface area contributed by atoms with Crippen molar-refractivity contribution >= 4 is 71.4 Å². The van der Waals surface area contributed by atoms with Crippen molar-refractivity contribution in [3.8, 4) is 0 Å². The van der Waals surface area contributed by atoms with E-state index in [1.54, 1.807) is 29.6 Å². The third-order valence-corrected chi connectivity index (χ3v) is 11.7. The molecule has 5 rings (SSSR count). The van der Waals surface area contributed by atoms with Gasteiger partial charge in [-0.1, -0.05) is 53.1 Å². The Bertz CT molecular complexity index is 1590. The lowest BCUT2D eigenvalue weighted by atomic mass is 10.1. The second-order valence-corrected chi connectivity index (χ2v) is 15.3. The standard InChI is InChI=1S/C23H23FN2O6S5/c24-15-7-8-19-17(13-15)25(9-3-11-36(27,28)29)20(33-19)14-21-26(10-4-12-37(30,31)32)23-22(35-21)16-5-1-2-6-18(16)34-23/h1-2,5-8,13-14,22-23H,3-4,9-12H2,(H-,27,28,29,30,31,32)/p+1. The van der Waals surface area contributed by atoms with Gasteiger partial charge >= 0.3 is 0 Å². The number of halogens is 1. The molecule has 2 aliphatic heterocycles. The highest BCUT2D eigenvalue weighted by Crippen LogP contribution is 2.60. The highest BCUT2D eigenvalue weighted by atomic mass is 32.2. The first-order chi connectivity index (χ1) is 17.5. The Morgan fingerprint density at radius 3 is 2.49 bits per heavy atom. The number of hydrogen-bond acceptors (Lipinski definition) is 8. The zero-order chi connectivity index (χ0) is 26.4. The second kappa shape index (κ2) is 10.5. The van der Waals surface area contributed by atoms with Gasteiger partial charge in [-0.3, -0.25) is 9.11 Å². The number of hydrogen-bond donors (Lipinski definition) is 2. The minimum absolute atomic E-state index is 0.0508. The van der Waals surface area contributed by atoms with Gasteiger partial charge < -0.3 is 4.90 Å². The van der Waals surface area contributed by atoms with Crippen LogP contribution in [0.1, 0.15) is 28.7 Å². The molecule has 2 unspecified atom stereocenters. The summed E-state index contributed by atoms with van der Waals surface area (Å²) in [6, 6.07) is 12.6. The summed E-state index contributed by atoms with van der Waals surface area (Å²) < 4.78 is 80.4. The van der Waals surface area contributed by atoms with Crippen molar-refractivity contribution in [2.75, 3.05) is 18.1 Å². The number of thiazole rings is 1. The molecule has 3 aromatic rings. The largest absolute Gasteiger partial charge is 0.352 e. The molecule has 2 atom stereocenters. The summed E-state index contributed by atoms with van der Waals surface area (Å²) in [6.45, 7) is 0.684. The number of aryl methyl sites for hydroxylation is 1. The van der Waals surface area contributed by atoms with Crippen molar-refractivity contribution in [2.24, 2.45) is 0 Å². The molecule has 2 N–H and O–H groups in total. The molecule has 0 aliphatic carbocycles. The van der Waals surface area contributed by atoms with Gasteiger partial charge in [0.25, 0.3) is 25.2 Å². The Morgan fingerprint density at radius 1 is 1.00 bits per heavy atom. The van der Waals surface area contributed by atoms with E-state index in [9.17, 15) is 25.8 Å². The van der Waals surface area contributed by atoms with Crippen molar-refractivity contribution in [2.45, 2.75) is 34.9 Å². The van der Waals surface area contributed by atoms with Gasteiger partial charge in [0, 0.05) is 23.9 Å². The van der Waals surface area contributed by atoms with E-state index in [1.165, 1.54) is 33.9 Å². The molecular weight excluding hydrogens is 580 g/mol. The number of aromatic nitrogens is 1. The van der Waals surface area contributed by atoms with E-state index in [0.717, 1.165) is 14.7 Å². The molecule has 0 radical (unpaired) electrons. The molecule has 1 aromatic heterocycles. The highest BCUT2D eigenvalue weighted by Gasteiger charge is 2.45. The summed E-state index contributed by atoms with van der Waals surface area (Å²) in [5.74, 6) is -1.15. The summed E-state index contributed by atoms with van der Waals surface area (Å²) in [6.07, 6.45) is 2.39. The molecule has 2 aliphatic rings. The lowest BCUT2D eigenvalue weighted by Gasteiger charge is -2.25. The van der Waals surface area contributed by atoms with Gasteiger partial charge in [0.2, 0.25) is 5.52 Å². The molecule has 8 nitrogen and oxygen atoms in total. The fraction of sp³-hybridized carbons (Fsp3) is 0.348. The van der Waals surface area contributed by atoms with Crippen LogP contribution in [0, 0.1) is 5.82 Å². The summed E-state index contributed by atoms with van der Waals surface area (Å²) >= 11 is 4.84. The number of thioether (sulfide) groups is 2. The van der Waals surface area contributed by atoms with Crippen LogP contribution in [0.5, 0.6) is 0 Å². The van der Waals surface area contributed by atoms with Crippen LogP contribution in [0.4, 0.5) is 4.39 Å². The first-order valence-electron chi connectivity index (χ1n) is 11.4. The average molecular weight is 604 g/mol. The third-order valence-electron chi connectivity index (χ3n) is 6.09. The van der Waals surface area contributed by atoms with E-state index >= 15 is 0 Å². The second-order valence-electron chi connectivity index (χ2n) is 8.74. The fourth-order valence-electron chi connectivity index (χ4n) is 4.53. The van der Waals surface area contributed by atoms with Crippen LogP contribution in [0.3, 0.4) is 0 Å². The zero-order valence-electron chi connectivity index (χ0n) is 19.4. The van der Waals surface area contributed by atoms with Crippen molar-refractivity contribution in [3.63, 3.8) is 0 Å². The van der Waals surface area contributed by atoms with Crippen LogP contribution in [0.15, 0.2) is 52.4 Å². The van der Waals surface area contributed by atoms with Gasteiger partial charge in [0.05, 0.1) is 33.2 Å². The topological polar surface area (TPSA) is 116 Å². The molecule has 37 heavy (non-hydrogen) atoms. The van der Waals surface area contributed by atoms with E-state index in [1.807, 2.05) is 22.8 Å². The van der Waals surface area contributed by atoms with Gasteiger partial charge in [0.15, 0.2) is 6.54 Å². The van der Waals surface area contributed by atoms with Crippen LogP contribution >= 0.6 is 34.9 Å². The van der Waals surface area contributed by atoms with Crippen molar-refractivity contribution in [3.05, 3.63) is 63.9 Å². The quantitative estimate of drug-likeness (QED) is 0.271. The molecule has 198 valence electrons.